The van der Waals surface area contributed by atoms with Crippen molar-refractivity contribution in [2.24, 2.45) is 11.1 Å². The van der Waals surface area contributed by atoms with Gasteiger partial charge < -0.3 is 11.2 Å². The topological polar surface area (TPSA) is 57.5 Å². The van der Waals surface area contributed by atoms with E-state index in [1.165, 1.54) is 38.5 Å². The Morgan fingerprint density at radius 1 is 0.929 bits per heavy atom. The predicted octanol–water partition coefficient (Wildman–Crippen LogP) is 2.90. The number of hydrogen-bond acceptors (Lipinski definition) is 1. The fourth-order valence-corrected chi connectivity index (χ4v) is 2.55. The number of rotatable bonds is 7. The van der Waals surface area contributed by atoms with Crippen LogP contribution in [0.1, 0.15) is 66.2 Å². The van der Waals surface area contributed by atoms with E-state index in [2.05, 4.69) is 27.7 Å². The highest BCUT2D eigenvalue weighted by Crippen LogP contribution is 2.37. The summed E-state index contributed by atoms with van der Waals surface area (Å²) in [6.45, 7) is 8.98. The summed E-state index contributed by atoms with van der Waals surface area (Å²) in [4.78, 5) is 0. The molecule has 1 atom stereocenters. The van der Waals surface area contributed by atoms with E-state index in [-0.39, 0.29) is 5.48 Å². The lowest BCUT2D eigenvalue weighted by Gasteiger charge is -2.37. The summed E-state index contributed by atoms with van der Waals surface area (Å²) in [5.74, 6) is 0. The predicted molar refractivity (Wildman–Crippen MR) is 64.4 cm³/mol. The minimum atomic E-state index is 0. The molecule has 0 aliphatic heterocycles. The third kappa shape index (κ3) is 4.43. The molecule has 0 aromatic heterocycles. The zero-order valence-corrected chi connectivity index (χ0v) is 10.4. The highest BCUT2D eigenvalue weighted by molar-refractivity contribution is 4.85. The molecule has 1 unspecified atom stereocenters. The van der Waals surface area contributed by atoms with E-state index in [1.807, 2.05) is 0 Å². The fraction of sp³-hybridized carbons (Fsp3) is 1.00. The molecule has 0 spiro atoms. The smallest absolute Gasteiger partial charge is 0.00670 e. The maximum absolute atomic E-state index is 6.13. The second-order valence-corrected chi connectivity index (χ2v) is 4.40. The molecule has 0 aliphatic carbocycles. The van der Waals surface area contributed by atoms with Crippen LogP contribution in [0.25, 0.3) is 0 Å². The van der Waals surface area contributed by atoms with Gasteiger partial charge in [0.25, 0.3) is 0 Å². The van der Waals surface area contributed by atoms with Gasteiger partial charge in [0.2, 0.25) is 0 Å². The normalized spacial score (nSPS) is 13.5. The fourth-order valence-electron chi connectivity index (χ4n) is 2.55. The van der Waals surface area contributed by atoms with Gasteiger partial charge in [0.15, 0.2) is 0 Å². The SMILES string of the molecule is CCCC(CCC)(CCC)C(C)N.O. The Kier molecular flexibility index (Phi) is 9.63. The Morgan fingerprint density at radius 2 is 1.21 bits per heavy atom. The van der Waals surface area contributed by atoms with Crippen LogP contribution < -0.4 is 5.73 Å². The molecule has 2 heteroatoms. The quantitative estimate of drug-likeness (QED) is 0.679. The molecule has 0 aromatic rings. The Morgan fingerprint density at radius 3 is 1.36 bits per heavy atom. The van der Waals surface area contributed by atoms with Gasteiger partial charge in [-0.2, -0.15) is 0 Å². The first kappa shape index (κ1) is 16.4. The molecule has 0 fully saturated rings. The summed E-state index contributed by atoms with van der Waals surface area (Å²) in [6, 6.07) is 0.354. The maximum Gasteiger partial charge on any atom is 0.00670 e. The minimum Gasteiger partial charge on any atom is -0.412 e. The van der Waals surface area contributed by atoms with Crippen molar-refractivity contribution in [3.63, 3.8) is 0 Å². The van der Waals surface area contributed by atoms with E-state index in [0.717, 1.165) is 0 Å². The Bertz CT molecular complexity index is 106. The van der Waals surface area contributed by atoms with Crippen molar-refractivity contribution in [1.29, 1.82) is 0 Å². The van der Waals surface area contributed by atoms with Crippen LogP contribution >= 0.6 is 0 Å². The average molecular weight is 203 g/mol. The van der Waals surface area contributed by atoms with Crippen molar-refractivity contribution in [1.82, 2.24) is 0 Å². The van der Waals surface area contributed by atoms with Gasteiger partial charge in [-0.05, 0) is 31.6 Å². The van der Waals surface area contributed by atoms with Gasteiger partial charge in [-0.3, -0.25) is 0 Å². The lowest BCUT2D eigenvalue weighted by atomic mass is 9.71. The lowest BCUT2D eigenvalue weighted by molar-refractivity contribution is 0.171. The van der Waals surface area contributed by atoms with Gasteiger partial charge in [0, 0.05) is 6.04 Å². The summed E-state index contributed by atoms with van der Waals surface area (Å²) in [7, 11) is 0. The van der Waals surface area contributed by atoms with Gasteiger partial charge in [-0.1, -0.05) is 40.0 Å². The lowest BCUT2D eigenvalue weighted by Crippen LogP contribution is -2.39. The molecule has 0 bridgehead atoms. The van der Waals surface area contributed by atoms with Gasteiger partial charge >= 0.3 is 0 Å². The monoisotopic (exact) mass is 203 g/mol. The highest BCUT2D eigenvalue weighted by atomic mass is 16.0. The van der Waals surface area contributed by atoms with Crippen LogP contribution in [0.5, 0.6) is 0 Å². The highest BCUT2D eigenvalue weighted by Gasteiger charge is 2.31. The first-order chi connectivity index (χ1) is 6.13. The Balaban J connectivity index is 0. The average Bonchev–Trinajstić information content (AvgIpc) is 2.05. The largest absolute Gasteiger partial charge is 0.412 e. The molecule has 4 N–H and O–H groups in total. The number of hydrogen-bond donors (Lipinski definition) is 1. The standard InChI is InChI=1S/C12H27N.H2O/c1-5-8-12(9-6-2,10-7-3)11(4)13;/h11H,5-10,13H2,1-4H3;1H2. The van der Waals surface area contributed by atoms with E-state index in [0.29, 0.717) is 11.5 Å². The van der Waals surface area contributed by atoms with E-state index in [4.69, 9.17) is 5.73 Å². The molecule has 0 radical (unpaired) electrons. The van der Waals surface area contributed by atoms with E-state index in [1.54, 1.807) is 0 Å². The first-order valence-corrected chi connectivity index (χ1v) is 5.88. The van der Waals surface area contributed by atoms with Gasteiger partial charge in [0.1, 0.15) is 0 Å². The summed E-state index contributed by atoms with van der Waals surface area (Å²) < 4.78 is 0. The van der Waals surface area contributed by atoms with Crippen LogP contribution in [0.15, 0.2) is 0 Å². The van der Waals surface area contributed by atoms with Crippen LogP contribution in [0, 0.1) is 5.41 Å². The van der Waals surface area contributed by atoms with Crippen LogP contribution in [-0.2, 0) is 0 Å². The van der Waals surface area contributed by atoms with Crippen molar-refractivity contribution >= 4 is 0 Å². The van der Waals surface area contributed by atoms with Gasteiger partial charge in [-0.25, -0.2) is 0 Å². The third-order valence-corrected chi connectivity index (χ3v) is 3.21. The molecule has 0 saturated carbocycles. The summed E-state index contributed by atoms with van der Waals surface area (Å²) in [5, 5.41) is 0. The van der Waals surface area contributed by atoms with Crippen molar-refractivity contribution < 1.29 is 5.48 Å². The summed E-state index contributed by atoms with van der Waals surface area (Å²) in [5.41, 5.74) is 6.56. The van der Waals surface area contributed by atoms with Crippen LogP contribution in [0.4, 0.5) is 0 Å². The van der Waals surface area contributed by atoms with E-state index in [9.17, 15) is 0 Å². The van der Waals surface area contributed by atoms with Crippen molar-refractivity contribution in [2.75, 3.05) is 0 Å². The molecule has 0 amide bonds. The zero-order chi connectivity index (χ0) is 10.3. The molecule has 0 heterocycles. The van der Waals surface area contributed by atoms with Crippen LogP contribution in [-0.4, -0.2) is 11.5 Å². The van der Waals surface area contributed by atoms with Crippen LogP contribution in [0.3, 0.4) is 0 Å². The van der Waals surface area contributed by atoms with Gasteiger partial charge in [0.05, 0.1) is 0 Å². The zero-order valence-electron chi connectivity index (χ0n) is 10.4. The second kappa shape index (κ2) is 8.25. The minimum absolute atomic E-state index is 0. The Labute approximate surface area is 89.6 Å². The van der Waals surface area contributed by atoms with Crippen molar-refractivity contribution in [3.05, 3.63) is 0 Å². The van der Waals surface area contributed by atoms with E-state index >= 15 is 0 Å². The second-order valence-electron chi connectivity index (χ2n) is 4.40. The summed E-state index contributed by atoms with van der Waals surface area (Å²) >= 11 is 0. The van der Waals surface area contributed by atoms with Crippen molar-refractivity contribution in [3.8, 4) is 0 Å². The van der Waals surface area contributed by atoms with E-state index < -0.39 is 0 Å². The van der Waals surface area contributed by atoms with Gasteiger partial charge in [-0.15, -0.1) is 0 Å². The molecule has 88 valence electrons. The molecule has 0 saturated heterocycles. The molecular weight excluding hydrogens is 174 g/mol. The third-order valence-electron chi connectivity index (χ3n) is 3.21. The first-order valence-electron chi connectivity index (χ1n) is 5.88. The molecule has 14 heavy (non-hydrogen) atoms. The molecule has 2 nitrogen and oxygen atoms in total. The van der Waals surface area contributed by atoms with Crippen molar-refractivity contribution in [2.45, 2.75) is 72.3 Å². The summed E-state index contributed by atoms with van der Waals surface area (Å²) in [6.07, 6.45) is 7.69. The maximum atomic E-state index is 6.13. The number of nitrogens with two attached hydrogens (primary N) is 1. The molecular formula is C12H29NO. The molecule has 0 aromatic carbocycles. The molecule has 0 rings (SSSR count). The Hall–Kier alpha value is -0.0800. The van der Waals surface area contributed by atoms with Crippen LogP contribution in [0.2, 0.25) is 0 Å². The molecule has 0 aliphatic rings.